The molecule has 0 atom stereocenters. The molecule has 1 N–H and O–H groups in total. The van der Waals surface area contributed by atoms with Crippen molar-refractivity contribution in [1.29, 1.82) is 0 Å². The fraction of sp³-hybridized carbons (Fsp3) is 0.231. The summed E-state index contributed by atoms with van der Waals surface area (Å²) in [6, 6.07) is 22.6. The minimum atomic E-state index is -0.229. The van der Waals surface area contributed by atoms with Crippen molar-refractivity contribution in [3.8, 4) is 11.5 Å². The molecule has 5 rings (SSSR count). The topological polar surface area (TPSA) is 58.6 Å². The monoisotopic (exact) mass is 412 g/mol. The van der Waals surface area contributed by atoms with Crippen LogP contribution in [-0.2, 0) is 17.8 Å². The average molecular weight is 412 g/mol. The smallest absolute Gasteiger partial charge is 0.259 e. The Labute approximate surface area is 181 Å². The summed E-state index contributed by atoms with van der Waals surface area (Å²) in [6.07, 6.45) is 2.89. The van der Waals surface area contributed by atoms with Crippen molar-refractivity contribution in [3.05, 3.63) is 89.5 Å². The number of nitrogens with one attached hydrogen (secondary N) is 1. The average Bonchev–Trinajstić information content (AvgIpc) is 3.65. The standard InChI is InChI=1S/C26H24N2O3/c29-25(23-8-4-5-9-24(23)31-22-6-2-1-3-7-22)27-21-13-12-18-14-15-28(17-20(18)16-21)26(30)19-10-11-19/h1-9,12-13,16,19H,10-11,14-15,17H2,(H,27,29). The van der Waals surface area contributed by atoms with Crippen molar-refractivity contribution in [2.24, 2.45) is 5.92 Å². The lowest BCUT2D eigenvalue weighted by Gasteiger charge is -2.29. The zero-order chi connectivity index (χ0) is 21.2. The molecule has 1 fully saturated rings. The molecule has 2 amide bonds. The summed E-state index contributed by atoms with van der Waals surface area (Å²) < 4.78 is 5.92. The zero-order valence-corrected chi connectivity index (χ0v) is 17.2. The van der Waals surface area contributed by atoms with E-state index in [4.69, 9.17) is 4.74 Å². The normalized spacial score (nSPS) is 15.2. The highest BCUT2D eigenvalue weighted by atomic mass is 16.5. The lowest BCUT2D eigenvalue weighted by atomic mass is 9.98. The second-order valence-electron chi connectivity index (χ2n) is 8.13. The van der Waals surface area contributed by atoms with Crippen LogP contribution in [0.2, 0.25) is 0 Å². The van der Waals surface area contributed by atoms with Gasteiger partial charge in [0.1, 0.15) is 11.5 Å². The number of ether oxygens (including phenoxy) is 1. The molecule has 0 spiro atoms. The number of hydrogen-bond acceptors (Lipinski definition) is 3. The molecule has 5 heteroatoms. The van der Waals surface area contributed by atoms with Gasteiger partial charge in [-0.15, -0.1) is 0 Å². The van der Waals surface area contributed by atoms with E-state index in [9.17, 15) is 9.59 Å². The van der Waals surface area contributed by atoms with Gasteiger partial charge in [0, 0.05) is 24.7 Å². The molecule has 5 nitrogen and oxygen atoms in total. The molecule has 156 valence electrons. The molecule has 1 aliphatic heterocycles. The van der Waals surface area contributed by atoms with E-state index < -0.39 is 0 Å². The maximum Gasteiger partial charge on any atom is 0.259 e. The van der Waals surface area contributed by atoms with Crippen molar-refractivity contribution >= 4 is 17.5 Å². The molecule has 0 bridgehead atoms. The highest BCUT2D eigenvalue weighted by Crippen LogP contribution is 2.33. The van der Waals surface area contributed by atoms with Gasteiger partial charge in [0.25, 0.3) is 5.91 Å². The van der Waals surface area contributed by atoms with Gasteiger partial charge >= 0.3 is 0 Å². The molecule has 3 aromatic carbocycles. The van der Waals surface area contributed by atoms with Gasteiger partial charge < -0.3 is 15.0 Å². The molecule has 0 radical (unpaired) electrons. The number of hydrogen-bond donors (Lipinski definition) is 1. The minimum Gasteiger partial charge on any atom is -0.457 e. The quantitative estimate of drug-likeness (QED) is 0.640. The first-order valence-electron chi connectivity index (χ1n) is 10.7. The number of anilines is 1. The van der Waals surface area contributed by atoms with Crippen molar-refractivity contribution in [2.45, 2.75) is 25.8 Å². The molecule has 31 heavy (non-hydrogen) atoms. The Morgan fingerprint density at radius 1 is 0.903 bits per heavy atom. The largest absolute Gasteiger partial charge is 0.457 e. The van der Waals surface area contributed by atoms with E-state index in [2.05, 4.69) is 11.4 Å². The molecule has 0 unspecified atom stereocenters. The van der Waals surface area contributed by atoms with E-state index >= 15 is 0 Å². The molecule has 1 aliphatic carbocycles. The number of carbonyl (C=O) groups is 2. The van der Waals surface area contributed by atoms with E-state index in [1.54, 1.807) is 12.1 Å². The number of rotatable bonds is 5. The number of nitrogens with zero attached hydrogens (tertiary/aromatic N) is 1. The Morgan fingerprint density at radius 2 is 1.68 bits per heavy atom. The molecular formula is C26H24N2O3. The van der Waals surface area contributed by atoms with Crippen LogP contribution < -0.4 is 10.1 Å². The van der Waals surface area contributed by atoms with Crippen molar-refractivity contribution in [1.82, 2.24) is 4.90 Å². The van der Waals surface area contributed by atoms with Crippen LogP contribution in [-0.4, -0.2) is 23.3 Å². The first kappa shape index (κ1) is 19.4. The molecule has 0 saturated heterocycles. The summed E-state index contributed by atoms with van der Waals surface area (Å²) in [5, 5.41) is 2.99. The van der Waals surface area contributed by atoms with Crippen LogP contribution in [0.1, 0.15) is 34.3 Å². The summed E-state index contributed by atoms with van der Waals surface area (Å²) in [5.41, 5.74) is 3.53. The number of fused-ring (bicyclic) bond motifs is 1. The third-order valence-electron chi connectivity index (χ3n) is 5.82. The summed E-state index contributed by atoms with van der Waals surface area (Å²) in [6.45, 7) is 1.39. The minimum absolute atomic E-state index is 0.227. The van der Waals surface area contributed by atoms with E-state index in [-0.39, 0.29) is 17.7 Å². The molecule has 2 aliphatic rings. The summed E-state index contributed by atoms with van der Waals surface area (Å²) in [5.74, 6) is 1.45. The fourth-order valence-corrected chi connectivity index (χ4v) is 3.97. The van der Waals surface area contributed by atoms with Gasteiger partial charge in [0.05, 0.1) is 5.56 Å². The van der Waals surface area contributed by atoms with Gasteiger partial charge in [-0.05, 0) is 66.8 Å². The summed E-state index contributed by atoms with van der Waals surface area (Å²) in [4.78, 5) is 27.4. The third-order valence-corrected chi connectivity index (χ3v) is 5.82. The Hall–Kier alpha value is -3.60. The maximum atomic E-state index is 13.0. The van der Waals surface area contributed by atoms with E-state index in [1.807, 2.05) is 59.5 Å². The number of amides is 2. The summed E-state index contributed by atoms with van der Waals surface area (Å²) in [7, 11) is 0. The first-order valence-corrected chi connectivity index (χ1v) is 10.7. The van der Waals surface area contributed by atoms with Crippen LogP contribution in [0, 0.1) is 5.92 Å². The lowest BCUT2D eigenvalue weighted by molar-refractivity contribution is -0.133. The Morgan fingerprint density at radius 3 is 2.48 bits per heavy atom. The van der Waals surface area contributed by atoms with Crippen LogP contribution >= 0.6 is 0 Å². The second-order valence-corrected chi connectivity index (χ2v) is 8.13. The number of carbonyl (C=O) groups excluding carboxylic acids is 2. The van der Waals surface area contributed by atoms with E-state index in [0.717, 1.165) is 37.1 Å². The van der Waals surface area contributed by atoms with Gasteiger partial charge in [-0.2, -0.15) is 0 Å². The van der Waals surface area contributed by atoms with E-state index in [0.29, 0.717) is 23.6 Å². The van der Waals surface area contributed by atoms with Crippen molar-refractivity contribution in [3.63, 3.8) is 0 Å². The lowest BCUT2D eigenvalue weighted by Crippen LogP contribution is -2.36. The fourth-order valence-electron chi connectivity index (χ4n) is 3.97. The van der Waals surface area contributed by atoms with Gasteiger partial charge in [-0.25, -0.2) is 0 Å². The Kier molecular flexibility index (Phi) is 5.16. The van der Waals surface area contributed by atoms with Crippen molar-refractivity contribution in [2.75, 3.05) is 11.9 Å². The predicted octanol–water partition coefficient (Wildman–Crippen LogP) is 5.03. The second kappa shape index (κ2) is 8.26. The molecule has 1 heterocycles. The van der Waals surface area contributed by atoms with Gasteiger partial charge in [-0.3, -0.25) is 9.59 Å². The first-order chi connectivity index (χ1) is 15.2. The molecule has 0 aromatic heterocycles. The third kappa shape index (κ3) is 4.31. The predicted molar refractivity (Wildman–Crippen MR) is 119 cm³/mol. The van der Waals surface area contributed by atoms with Crippen LogP contribution in [0.3, 0.4) is 0 Å². The van der Waals surface area contributed by atoms with Gasteiger partial charge in [-0.1, -0.05) is 36.4 Å². The summed E-state index contributed by atoms with van der Waals surface area (Å²) >= 11 is 0. The van der Waals surface area contributed by atoms with Crippen LogP contribution in [0.25, 0.3) is 0 Å². The molecule has 3 aromatic rings. The van der Waals surface area contributed by atoms with Crippen molar-refractivity contribution < 1.29 is 14.3 Å². The van der Waals surface area contributed by atoms with Crippen LogP contribution in [0.5, 0.6) is 11.5 Å². The molecule has 1 saturated carbocycles. The highest BCUT2D eigenvalue weighted by Gasteiger charge is 2.34. The van der Waals surface area contributed by atoms with E-state index in [1.165, 1.54) is 5.56 Å². The Balaban J connectivity index is 1.32. The van der Waals surface area contributed by atoms with Gasteiger partial charge in [0.2, 0.25) is 5.91 Å². The highest BCUT2D eigenvalue weighted by molar-refractivity contribution is 6.06. The van der Waals surface area contributed by atoms with Gasteiger partial charge in [0.15, 0.2) is 0 Å². The Bertz CT molecular complexity index is 1120. The molecular weight excluding hydrogens is 388 g/mol. The SMILES string of the molecule is O=C(Nc1ccc2c(c1)CN(C(=O)C1CC1)CC2)c1ccccc1Oc1ccccc1. The van der Waals surface area contributed by atoms with Crippen LogP contribution in [0.15, 0.2) is 72.8 Å². The maximum absolute atomic E-state index is 13.0. The number of para-hydroxylation sites is 2. The van der Waals surface area contributed by atoms with Crippen LogP contribution in [0.4, 0.5) is 5.69 Å². The zero-order valence-electron chi connectivity index (χ0n) is 17.2. The number of benzene rings is 3.